The number of hydrogen-bond acceptors (Lipinski definition) is 6. The molecule has 0 saturated heterocycles. The number of hydrogen-bond donors (Lipinski definition) is 1. The van der Waals surface area contributed by atoms with Gasteiger partial charge in [0.1, 0.15) is 9.23 Å². The third kappa shape index (κ3) is 4.09. The lowest BCUT2D eigenvalue weighted by molar-refractivity contribution is -0.384. The largest absolute Gasteiger partial charge is 0.325 e. The third-order valence-corrected chi connectivity index (χ3v) is 6.45. The number of benzene rings is 1. The number of sulfonamides is 1. The van der Waals surface area contributed by atoms with Crippen molar-refractivity contribution in [1.29, 1.82) is 0 Å². The fourth-order valence-corrected chi connectivity index (χ4v) is 4.30. The average molecular weight is 390 g/mol. The van der Waals surface area contributed by atoms with Gasteiger partial charge in [0.15, 0.2) is 0 Å². The highest BCUT2D eigenvalue weighted by atomic mass is 35.5. The van der Waals surface area contributed by atoms with Gasteiger partial charge in [-0.2, -0.15) is 4.31 Å². The molecule has 11 heteroatoms. The van der Waals surface area contributed by atoms with Crippen molar-refractivity contribution in [3.63, 3.8) is 0 Å². The molecule has 0 radical (unpaired) electrons. The van der Waals surface area contributed by atoms with Crippen molar-refractivity contribution >= 4 is 50.2 Å². The summed E-state index contributed by atoms with van der Waals surface area (Å²) in [5.41, 5.74) is -0.202. The van der Waals surface area contributed by atoms with Crippen LogP contribution < -0.4 is 5.32 Å². The number of carbonyl (C=O) groups is 1. The van der Waals surface area contributed by atoms with E-state index < -0.39 is 27.4 Å². The summed E-state index contributed by atoms with van der Waals surface area (Å²) in [5, 5.41) is 14.8. The van der Waals surface area contributed by atoms with Crippen LogP contribution in [0.5, 0.6) is 0 Å². The topological polar surface area (TPSA) is 110 Å². The number of nitrogens with one attached hydrogen (secondary N) is 1. The van der Waals surface area contributed by atoms with Crippen LogP contribution in [0.3, 0.4) is 0 Å². The molecule has 2 aromatic rings. The maximum Gasteiger partial charge on any atom is 0.289 e. The van der Waals surface area contributed by atoms with Crippen LogP contribution in [0.4, 0.5) is 11.4 Å². The Hall–Kier alpha value is -2.01. The number of anilines is 1. The van der Waals surface area contributed by atoms with Gasteiger partial charge in [0.25, 0.3) is 15.7 Å². The first kappa shape index (κ1) is 18.3. The number of halogens is 1. The summed E-state index contributed by atoms with van der Waals surface area (Å²) in [5.74, 6) is -0.630. The summed E-state index contributed by atoms with van der Waals surface area (Å²) < 4.78 is 25.5. The lowest BCUT2D eigenvalue weighted by Gasteiger charge is -2.15. The molecule has 8 nitrogen and oxygen atoms in total. The second kappa shape index (κ2) is 7.26. The number of nitro groups is 1. The van der Waals surface area contributed by atoms with E-state index >= 15 is 0 Å². The van der Waals surface area contributed by atoms with E-state index in [1.165, 1.54) is 25.2 Å². The molecule has 1 N–H and O–H groups in total. The van der Waals surface area contributed by atoms with E-state index in [-0.39, 0.29) is 20.6 Å². The minimum Gasteiger partial charge on any atom is -0.325 e. The van der Waals surface area contributed by atoms with E-state index in [1.807, 2.05) is 0 Å². The first-order valence-corrected chi connectivity index (χ1v) is 9.15. The van der Waals surface area contributed by atoms with Crippen LogP contribution in [0.2, 0.25) is 5.02 Å². The Bertz CT molecular complexity index is 868. The third-order valence-electron chi connectivity index (χ3n) is 2.95. The zero-order chi connectivity index (χ0) is 17.9. The van der Waals surface area contributed by atoms with Gasteiger partial charge in [-0.15, -0.1) is 11.3 Å². The van der Waals surface area contributed by atoms with Crippen molar-refractivity contribution in [2.45, 2.75) is 4.21 Å². The normalized spacial score (nSPS) is 11.5. The van der Waals surface area contributed by atoms with E-state index in [4.69, 9.17) is 11.6 Å². The van der Waals surface area contributed by atoms with E-state index in [1.54, 1.807) is 11.4 Å². The molecular formula is C13H12ClN3O5S2. The summed E-state index contributed by atoms with van der Waals surface area (Å²) in [7, 11) is -2.47. The van der Waals surface area contributed by atoms with Crippen molar-refractivity contribution in [2.75, 3.05) is 18.9 Å². The number of thiophene rings is 1. The smallest absolute Gasteiger partial charge is 0.289 e. The standard InChI is InChI=1S/C13H12ClN3O5S2/c1-16(24(21,22)13-3-2-6-23-13)8-12(18)15-9-4-5-10(14)11(7-9)17(19)20/h2-7H,8H2,1H3,(H,15,18). The molecule has 0 aliphatic carbocycles. The Morgan fingerprint density at radius 2 is 2.12 bits per heavy atom. The summed E-state index contributed by atoms with van der Waals surface area (Å²) in [6.07, 6.45) is 0. The molecule has 2 rings (SSSR count). The quantitative estimate of drug-likeness (QED) is 0.603. The predicted molar refractivity (Wildman–Crippen MR) is 90.9 cm³/mol. The lowest BCUT2D eigenvalue weighted by atomic mass is 10.3. The number of nitrogens with zero attached hydrogens (tertiary/aromatic N) is 2. The van der Waals surface area contributed by atoms with Gasteiger partial charge in [0.2, 0.25) is 5.91 Å². The highest BCUT2D eigenvalue weighted by Gasteiger charge is 2.24. The molecule has 0 bridgehead atoms. The van der Waals surface area contributed by atoms with Crippen LogP contribution >= 0.6 is 22.9 Å². The molecular weight excluding hydrogens is 378 g/mol. The van der Waals surface area contributed by atoms with Gasteiger partial charge in [0, 0.05) is 18.8 Å². The second-order valence-electron chi connectivity index (χ2n) is 4.66. The summed E-state index contributed by atoms with van der Waals surface area (Å²) in [6, 6.07) is 6.81. The van der Waals surface area contributed by atoms with Gasteiger partial charge in [-0.05, 0) is 23.6 Å². The average Bonchev–Trinajstić information content (AvgIpc) is 3.03. The molecule has 0 aliphatic heterocycles. The Morgan fingerprint density at radius 3 is 2.71 bits per heavy atom. The summed E-state index contributed by atoms with van der Waals surface area (Å²) in [4.78, 5) is 22.1. The van der Waals surface area contributed by atoms with E-state index in [0.717, 1.165) is 21.7 Å². The number of rotatable bonds is 6. The van der Waals surface area contributed by atoms with Gasteiger partial charge >= 0.3 is 0 Å². The first-order chi connectivity index (χ1) is 11.2. The molecule has 0 saturated carbocycles. The number of carbonyl (C=O) groups excluding carboxylic acids is 1. The minimum absolute atomic E-state index is 0.0598. The van der Waals surface area contributed by atoms with Gasteiger partial charge < -0.3 is 5.32 Å². The SMILES string of the molecule is CN(CC(=O)Nc1ccc(Cl)c([N+](=O)[O-])c1)S(=O)(=O)c1cccs1. The molecule has 1 aromatic carbocycles. The van der Waals surface area contributed by atoms with Crippen molar-refractivity contribution in [1.82, 2.24) is 4.31 Å². The van der Waals surface area contributed by atoms with E-state index in [2.05, 4.69) is 5.32 Å². The van der Waals surface area contributed by atoms with E-state index in [0.29, 0.717) is 0 Å². The molecule has 0 atom stereocenters. The molecule has 0 spiro atoms. The van der Waals surface area contributed by atoms with Gasteiger partial charge in [-0.25, -0.2) is 8.42 Å². The maximum absolute atomic E-state index is 12.2. The van der Waals surface area contributed by atoms with Crippen LogP contribution in [0.25, 0.3) is 0 Å². The maximum atomic E-state index is 12.2. The Kier molecular flexibility index (Phi) is 5.54. The van der Waals surface area contributed by atoms with Gasteiger partial charge in [-0.3, -0.25) is 14.9 Å². The van der Waals surface area contributed by atoms with Crippen LogP contribution in [-0.2, 0) is 14.8 Å². The van der Waals surface area contributed by atoms with Crippen molar-refractivity contribution in [2.24, 2.45) is 0 Å². The summed E-state index contributed by atoms with van der Waals surface area (Å²) >= 11 is 6.73. The van der Waals surface area contributed by atoms with Crippen molar-refractivity contribution in [3.8, 4) is 0 Å². The van der Waals surface area contributed by atoms with Crippen LogP contribution in [0.1, 0.15) is 0 Å². The van der Waals surface area contributed by atoms with Gasteiger partial charge in [-0.1, -0.05) is 17.7 Å². The first-order valence-electron chi connectivity index (χ1n) is 6.45. The fourth-order valence-electron chi connectivity index (χ4n) is 1.78. The molecule has 1 heterocycles. The molecule has 1 amide bonds. The van der Waals surface area contributed by atoms with Crippen LogP contribution in [0.15, 0.2) is 39.9 Å². The number of likely N-dealkylation sites (N-methyl/N-ethyl adjacent to an activating group) is 1. The van der Waals surface area contributed by atoms with Gasteiger partial charge in [0.05, 0.1) is 11.5 Å². The molecule has 1 aromatic heterocycles. The summed E-state index contributed by atoms with van der Waals surface area (Å²) in [6.45, 7) is -0.434. The highest BCUT2D eigenvalue weighted by molar-refractivity contribution is 7.91. The molecule has 0 fully saturated rings. The predicted octanol–water partition coefficient (Wildman–Crippen LogP) is 2.57. The Balaban J connectivity index is 2.08. The highest BCUT2D eigenvalue weighted by Crippen LogP contribution is 2.27. The van der Waals surface area contributed by atoms with Crippen molar-refractivity contribution < 1.29 is 18.1 Å². The van der Waals surface area contributed by atoms with Crippen molar-refractivity contribution in [3.05, 3.63) is 50.8 Å². The van der Waals surface area contributed by atoms with Crippen LogP contribution in [-0.4, -0.2) is 37.1 Å². The number of nitro benzene ring substituents is 1. The minimum atomic E-state index is -3.75. The second-order valence-corrected chi connectivity index (χ2v) is 8.29. The Morgan fingerprint density at radius 1 is 1.42 bits per heavy atom. The zero-order valence-electron chi connectivity index (χ0n) is 12.3. The zero-order valence-corrected chi connectivity index (χ0v) is 14.7. The monoisotopic (exact) mass is 389 g/mol. The Labute approximate surface area is 146 Å². The van der Waals surface area contributed by atoms with E-state index in [9.17, 15) is 23.3 Å². The molecule has 0 unspecified atom stereocenters. The van der Waals surface area contributed by atoms with Crippen LogP contribution in [0, 0.1) is 10.1 Å². The molecule has 0 aliphatic rings. The lowest BCUT2D eigenvalue weighted by Crippen LogP contribution is -2.34. The molecule has 24 heavy (non-hydrogen) atoms. The molecule has 128 valence electrons. The fraction of sp³-hybridized carbons (Fsp3) is 0.154. The number of amides is 1.